The molecule has 2 amide bonds. The Bertz CT molecular complexity index is 1720. The molecule has 0 spiro atoms. The summed E-state index contributed by atoms with van der Waals surface area (Å²) in [5.41, 5.74) is 8.93. The number of halogens is 2. The molecule has 3 N–H and O–H groups in total. The molecular weight excluding hydrogens is 633 g/mol. The van der Waals surface area contributed by atoms with E-state index in [1.807, 2.05) is 34.5 Å². The summed E-state index contributed by atoms with van der Waals surface area (Å²) in [6.07, 6.45) is 2.11. The van der Waals surface area contributed by atoms with E-state index in [-0.39, 0.29) is 28.5 Å². The number of carbonyl (C=O) groups is 3. The number of thiazole rings is 1. The molecule has 2 fully saturated rings. The van der Waals surface area contributed by atoms with Crippen molar-refractivity contribution < 1.29 is 23.5 Å². The smallest absolute Gasteiger partial charge is 0.338 e. The Morgan fingerprint density at radius 1 is 1.20 bits per heavy atom. The quantitative estimate of drug-likeness (QED) is 0.332. The van der Waals surface area contributed by atoms with Crippen molar-refractivity contribution in [1.82, 2.24) is 20.1 Å². The number of ether oxygens (including phenoxy) is 1. The van der Waals surface area contributed by atoms with Gasteiger partial charge in [-0.1, -0.05) is 29.8 Å². The van der Waals surface area contributed by atoms with E-state index in [1.165, 1.54) is 43.6 Å². The number of ketones is 1. The van der Waals surface area contributed by atoms with Crippen molar-refractivity contribution in [3.63, 3.8) is 0 Å². The number of benzene rings is 2. The molecule has 3 aliphatic rings. The van der Waals surface area contributed by atoms with E-state index in [1.54, 1.807) is 11.1 Å². The summed E-state index contributed by atoms with van der Waals surface area (Å²) in [7, 11) is 1.30. The van der Waals surface area contributed by atoms with Crippen LogP contribution >= 0.6 is 22.9 Å². The second kappa shape index (κ2) is 13.3. The van der Waals surface area contributed by atoms with Crippen LogP contribution in [0, 0.1) is 5.82 Å². The van der Waals surface area contributed by atoms with Crippen molar-refractivity contribution in [2.75, 3.05) is 44.7 Å². The molecule has 4 heterocycles. The Balaban J connectivity index is 1.24. The maximum Gasteiger partial charge on any atom is 0.338 e. The molecular formula is C32H33ClFN7O4S. The van der Waals surface area contributed by atoms with Crippen LogP contribution in [-0.4, -0.2) is 90.3 Å². The van der Waals surface area contributed by atoms with Crippen LogP contribution in [0.3, 0.4) is 0 Å². The number of Topliss-reactive ketones (excluding diaryl/α,β-unsaturated/α-hetero) is 1. The summed E-state index contributed by atoms with van der Waals surface area (Å²) in [4.78, 5) is 53.3. The minimum absolute atomic E-state index is 0.0627. The molecule has 0 saturated carbocycles. The highest BCUT2D eigenvalue weighted by atomic mass is 35.5. The highest BCUT2D eigenvalue weighted by Crippen LogP contribution is 2.37. The number of fused-ring (bicyclic) bond motifs is 1. The van der Waals surface area contributed by atoms with E-state index in [0.717, 1.165) is 11.3 Å². The topological polar surface area (TPSA) is 133 Å². The number of hydrogen-bond donors (Lipinski definition) is 2. The fraction of sp³-hybridized carbons (Fsp3) is 0.344. The average Bonchev–Trinajstić information content (AvgIpc) is 3.69. The lowest BCUT2D eigenvalue weighted by Crippen LogP contribution is -2.53. The van der Waals surface area contributed by atoms with E-state index < -0.39 is 23.9 Å². The third-order valence-electron chi connectivity index (χ3n) is 8.47. The van der Waals surface area contributed by atoms with Crippen LogP contribution in [0.2, 0.25) is 5.02 Å². The summed E-state index contributed by atoms with van der Waals surface area (Å²) >= 11 is 7.87. The van der Waals surface area contributed by atoms with E-state index in [9.17, 15) is 18.8 Å². The van der Waals surface area contributed by atoms with Crippen LogP contribution in [0.25, 0.3) is 0 Å². The molecule has 1 aromatic heterocycles. The van der Waals surface area contributed by atoms with E-state index >= 15 is 0 Å². The van der Waals surface area contributed by atoms with E-state index in [4.69, 9.17) is 27.1 Å². The lowest BCUT2D eigenvalue weighted by atomic mass is 9.95. The van der Waals surface area contributed by atoms with Crippen molar-refractivity contribution in [3.8, 4) is 0 Å². The maximum absolute atomic E-state index is 14.0. The molecule has 0 bridgehead atoms. The number of carbonyl (C=O) groups excluding carboxylic acids is 3. The van der Waals surface area contributed by atoms with Crippen LogP contribution in [-0.2, 0) is 20.7 Å². The molecule has 2 aromatic carbocycles. The van der Waals surface area contributed by atoms with Crippen LogP contribution in [0.4, 0.5) is 14.9 Å². The van der Waals surface area contributed by atoms with Crippen LogP contribution in [0.15, 0.2) is 70.3 Å². The molecule has 11 nitrogen and oxygen atoms in total. The van der Waals surface area contributed by atoms with Crippen molar-refractivity contribution >= 4 is 52.2 Å². The maximum atomic E-state index is 14.0. The first-order valence-corrected chi connectivity index (χ1v) is 16.0. The number of aliphatic imine (C=N–C) groups is 1. The number of nitrogens with two attached hydrogens (primary N) is 1. The molecule has 0 radical (unpaired) electrons. The molecule has 240 valence electrons. The van der Waals surface area contributed by atoms with Gasteiger partial charge >= 0.3 is 12.0 Å². The first-order valence-electron chi connectivity index (χ1n) is 14.8. The predicted molar refractivity (Wildman–Crippen MR) is 173 cm³/mol. The largest absolute Gasteiger partial charge is 0.466 e. The van der Waals surface area contributed by atoms with E-state index in [2.05, 4.69) is 15.2 Å². The second-order valence-electron chi connectivity index (χ2n) is 11.5. The molecule has 6 rings (SSSR count). The lowest BCUT2D eigenvalue weighted by molar-refractivity contribution is -0.136. The van der Waals surface area contributed by atoms with Gasteiger partial charge in [0.1, 0.15) is 17.6 Å². The van der Waals surface area contributed by atoms with Gasteiger partial charge in [-0.05, 0) is 43.2 Å². The van der Waals surface area contributed by atoms with Gasteiger partial charge in [-0.3, -0.25) is 19.6 Å². The molecule has 1 unspecified atom stereocenters. The first-order chi connectivity index (χ1) is 22.1. The van der Waals surface area contributed by atoms with Crippen molar-refractivity contribution in [2.24, 2.45) is 10.7 Å². The summed E-state index contributed by atoms with van der Waals surface area (Å²) in [5, 5.41) is 5.92. The minimum atomic E-state index is -0.853. The molecule has 14 heteroatoms. The number of nitrogens with one attached hydrogen (secondary N) is 1. The van der Waals surface area contributed by atoms with Gasteiger partial charge in [0.2, 0.25) is 0 Å². The zero-order valence-electron chi connectivity index (χ0n) is 25.3. The van der Waals surface area contributed by atoms with Crippen LogP contribution in [0.5, 0.6) is 0 Å². The Morgan fingerprint density at radius 3 is 2.65 bits per heavy atom. The van der Waals surface area contributed by atoms with Crippen molar-refractivity contribution in [1.29, 1.82) is 0 Å². The van der Waals surface area contributed by atoms with Gasteiger partial charge in [0, 0.05) is 66.3 Å². The SMILES string of the molecule is COC(=O)C1=C(CN2CCN3C(=O)N(c4ccc(CC(N)C(C)=O)cc4)C[C@@H]3C2)NC(c2nccs2)=N[C@H]1c1ccc(F)cc1Cl. The molecule has 3 aromatic rings. The Kier molecular flexibility index (Phi) is 9.18. The fourth-order valence-electron chi connectivity index (χ4n) is 6.03. The van der Waals surface area contributed by atoms with Crippen LogP contribution in [0.1, 0.15) is 29.1 Å². The van der Waals surface area contributed by atoms with E-state index in [0.29, 0.717) is 61.2 Å². The molecule has 3 aliphatic heterocycles. The number of amides is 2. The first kappa shape index (κ1) is 31.8. The molecule has 3 atom stereocenters. The number of esters is 1. The van der Waals surface area contributed by atoms with Crippen LogP contribution < -0.4 is 16.0 Å². The van der Waals surface area contributed by atoms with Gasteiger partial charge in [-0.25, -0.2) is 19.0 Å². The number of urea groups is 1. The summed E-state index contributed by atoms with van der Waals surface area (Å²) in [6.45, 7) is 3.96. The zero-order chi connectivity index (χ0) is 32.5. The normalized spacial score (nSPS) is 20.7. The highest BCUT2D eigenvalue weighted by molar-refractivity contribution is 7.11. The Morgan fingerprint density at radius 2 is 1.98 bits per heavy atom. The Labute approximate surface area is 274 Å². The number of anilines is 1. The lowest BCUT2D eigenvalue weighted by Gasteiger charge is -2.38. The van der Waals surface area contributed by atoms with Gasteiger partial charge in [0.15, 0.2) is 10.8 Å². The molecule has 0 aliphatic carbocycles. The monoisotopic (exact) mass is 665 g/mol. The van der Waals surface area contributed by atoms with Gasteiger partial charge < -0.3 is 20.7 Å². The number of methoxy groups -OCH3 is 1. The summed E-state index contributed by atoms with van der Waals surface area (Å²) in [6, 6.07) is 10.0. The number of nitrogens with zero attached hydrogens (tertiary/aromatic N) is 5. The van der Waals surface area contributed by atoms with Crippen molar-refractivity contribution in [3.05, 3.63) is 92.3 Å². The number of piperazine rings is 1. The standard InChI is InChI=1S/C32H33ClFN7O4S/c1-18(42)25(35)13-19-3-6-21(7-4-19)41-16-22-15-39(10-11-40(22)32(41)44)17-26-27(31(43)45-2)28(23-8-5-20(34)14-24(23)33)38-29(37-26)30-36-9-12-46-30/h3-9,12,14,22,25,28H,10-11,13,15-17,35H2,1-2H3,(H,37,38)/t22-,25?,28-/m0/s1. The molecule has 2 saturated heterocycles. The highest BCUT2D eigenvalue weighted by Gasteiger charge is 2.42. The van der Waals surface area contributed by atoms with Gasteiger partial charge in [-0.15, -0.1) is 11.3 Å². The Hall–Kier alpha value is -4.17. The predicted octanol–water partition coefficient (Wildman–Crippen LogP) is 3.54. The van der Waals surface area contributed by atoms with Crippen molar-refractivity contribution in [2.45, 2.75) is 31.5 Å². The number of amidine groups is 1. The minimum Gasteiger partial charge on any atom is -0.466 e. The second-order valence-corrected chi connectivity index (χ2v) is 12.8. The average molecular weight is 666 g/mol. The van der Waals surface area contributed by atoms with Gasteiger partial charge in [0.05, 0.1) is 24.8 Å². The third kappa shape index (κ3) is 6.41. The van der Waals surface area contributed by atoms with Gasteiger partial charge in [-0.2, -0.15) is 0 Å². The van der Waals surface area contributed by atoms with Gasteiger partial charge in [0.25, 0.3) is 0 Å². The number of aromatic nitrogens is 1. The number of hydrogen-bond acceptors (Lipinski definition) is 10. The summed E-state index contributed by atoms with van der Waals surface area (Å²) < 4.78 is 19.2. The summed E-state index contributed by atoms with van der Waals surface area (Å²) in [5.74, 6) is -0.679. The zero-order valence-corrected chi connectivity index (χ0v) is 26.9. The molecule has 46 heavy (non-hydrogen) atoms. The third-order valence-corrected chi connectivity index (χ3v) is 9.57. The number of rotatable bonds is 9. The fourth-order valence-corrected chi connectivity index (χ4v) is 6.89.